The van der Waals surface area contributed by atoms with E-state index in [0.717, 1.165) is 35.2 Å². The lowest BCUT2D eigenvalue weighted by molar-refractivity contribution is 0.277. The van der Waals surface area contributed by atoms with E-state index in [-0.39, 0.29) is 0 Å². The third-order valence-corrected chi connectivity index (χ3v) is 3.67. The van der Waals surface area contributed by atoms with E-state index in [0.29, 0.717) is 18.6 Å². The summed E-state index contributed by atoms with van der Waals surface area (Å²) in [6.45, 7) is 2.85. The SMILES string of the molecule is COc1cc(Br)cc(C(C)CCN)c1OC1CC1. The van der Waals surface area contributed by atoms with Crippen LogP contribution in [0.3, 0.4) is 0 Å². The lowest BCUT2D eigenvalue weighted by atomic mass is 9.96. The van der Waals surface area contributed by atoms with Crippen LogP contribution < -0.4 is 15.2 Å². The van der Waals surface area contributed by atoms with Gasteiger partial charge in [-0.15, -0.1) is 0 Å². The molecule has 1 aromatic carbocycles. The Kier molecular flexibility index (Phi) is 4.51. The van der Waals surface area contributed by atoms with Gasteiger partial charge in [0.1, 0.15) is 0 Å². The zero-order valence-electron chi connectivity index (χ0n) is 10.9. The van der Waals surface area contributed by atoms with Gasteiger partial charge in [-0.1, -0.05) is 22.9 Å². The second-order valence-electron chi connectivity index (χ2n) is 4.82. The Morgan fingerprint density at radius 3 is 2.72 bits per heavy atom. The molecule has 0 radical (unpaired) electrons. The predicted octanol–water partition coefficient (Wildman–Crippen LogP) is 3.45. The van der Waals surface area contributed by atoms with Gasteiger partial charge in [0.25, 0.3) is 0 Å². The van der Waals surface area contributed by atoms with Crippen molar-refractivity contribution in [3.05, 3.63) is 22.2 Å². The van der Waals surface area contributed by atoms with Crippen molar-refractivity contribution < 1.29 is 9.47 Å². The van der Waals surface area contributed by atoms with Gasteiger partial charge in [-0.05, 0) is 43.9 Å². The second-order valence-corrected chi connectivity index (χ2v) is 5.74. The van der Waals surface area contributed by atoms with Gasteiger partial charge >= 0.3 is 0 Å². The van der Waals surface area contributed by atoms with Gasteiger partial charge in [0.2, 0.25) is 0 Å². The van der Waals surface area contributed by atoms with Crippen molar-refractivity contribution in [2.24, 2.45) is 5.73 Å². The average Bonchev–Trinajstić information content (AvgIpc) is 3.15. The van der Waals surface area contributed by atoms with Crippen molar-refractivity contribution in [3.8, 4) is 11.5 Å². The van der Waals surface area contributed by atoms with Crippen LogP contribution in [0.1, 0.15) is 37.7 Å². The van der Waals surface area contributed by atoms with Gasteiger partial charge < -0.3 is 15.2 Å². The van der Waals surface area contributed by atoms with Gasteiger partial charge in [-0.2, -0.15) is 0 Å². The molecule has 1 unspecified atom stereocenters. The van der Waals surface area contributed by atoms with Crippen LogP contribution in [-0.2, 0) is 0 Å². The number of methoxy groups -OCH3 is 1. The maximum atomic E-state index is 6.01. The Balaban J connectivity index is 2.35. The first kappa shape index (κ1) is 13.7. The number of benzene rings is 1. The summed E-state index contributed by atoms with van der Waals surface area (Å²) < 4.78 is 12.5. The average molecular weight is 314 g/mol. The number of hydrogen-bond acceptors (Lipinski definition) is 3. The number of hydrogen-bond donors (Lipinski definition) is 1. The molecule has 1 atom stereocenters. The molecular weight excluding hydrogens is 294 g/mol. The summed E-state index contributed by atoms with van der Waals surface area (Å²) in [5.74, 6) is 2.06. The first-order valence-corrected chi connectivity index (χ1v) is 7.19. The van der Waals surface area contributed by atoms with Gasteiger partial charge in [-0.25, -0.2) is 0 Å². The lowest BCUT2D eigenvalue weighted by Gasteiger charge is -2.19. The molecule has 1 aliphatic rings. The summed E-state index contributed by atoms with van der Waals surface area (Å²) in [7, 11) is 1.68. The van der Waals surface area contributed by atoms with Crippen molar-refractivity contribution in [1.29, 1.82) is 0 Å². The fraction of sp³-hybridized carbons (Fsp3) is 0.571. The molecule has 1 fully saturated rings. The van der Waals surface area contributed by atoms with Gasteiger partial charge in [0.15, 0.2) is 11.5 Å². The molecule has 0 aliphatic heterocycles. The molecule has 0 aromatic heterocycles. The number of ether oxygens (including phenoxy) is 2. The molecule has 4 heteroatoms. The predicted molar refractivity (Wildman–Crippen MR) is 76.4 cm³/mol. The highest BCUT2D eigenvalue weighted by Crippen LogP contribution is 2.42. The Labute approximate surface area is 117 Å². The van der Waals surface area contributed by atoms with E-state index in [4.69, 9.17) is 15.2 Å². The highest BCUT2D eigenvalue weighted by Gasteiger charge is 2.27. The summed E-state index contributed by atoms with van der Waals surface area (Å²) in [5.41, 5.74) is 6.83. The molecule has 1 saturated carbocycles. The Morgan fingerprint density at radius 2 is 2.17 bits per heavy atom. The molecule has 2 N–H and O–H groups in total. The van der Waals surface area contributed by atoms with Crippen molar-refractivity contribution >= 4 is 15.9 Å². The van der Waals surface area contributed by atoms with Crippen molar-refractivity contribution in [2.45, 2.75) is 38.2 Å². The summed E-state index contributed by atoms with van der Waals surface area (Å²) in [5, 5.41) is 0. The fourth-order valence-electron chi connectivity index (χ4n) is 1.99. The Bertz CT molecular complexity index is 419. The largest absolute Gasteiger partial charge is 0.493 e. The molecule has 2 rings (SSSR count). The summed E-state index contributed by atoms with van der Waals surface area (Å²) in [6.07, 6.45) is 3.60. The number of halogens is 1. The first-order valence-electron chi connectivity index (χ1n) is 6.39. The van der Waals surface area contributed by atoms with Crippen LogP contribution in [0.5, 0.6) is 11.5 Å². The van der Waals surface area contributed by atoms with Crippen molar-refractivity contribution in [1.82, 2.24) is 0 Å². The molecule has 1 aromatic rings. The van der Waals surface area contributed by atoms with Crippen LogP contribution in [0.15, 0.2) is 16.6 Å². The lowest BCUT2D eigenvalue weighted by Crippen LogP contribution is -2.08. The molecule has 18 heavy (non-hydrogen) atoms. The second kappa shape index (κ2) is 5.93. The third kappa shape index (κ3) is 3.18. The van der Waals surface area contributed by atoms with Crippen molar-refractivity contribution in [3.63, 3.8) is 0 Å². The quantitative estimate of drug-likeness (QED) is 0.874. The zero-order valence-corrected chi connectivity index (χ0v) is 12.5. The van der Waals surface area contributed by atoms with Crippen LogP contribution in [0.4, 0.5) is 0 Å². The first-order chi connectivity index (χ1) is 8.65. The minimum Gasteiger partial charge on any atom is -0.493 e. The minimum atomic E-state index is 0.365. The molecule has 1 aliphatic carbocycles. The van der Waals surface area contributed by atoms with Crippen molar-refractivity contribution in [2.75, 3.05) is 13.7 Å². The van der Waals surface area contributed by atoms with Gasteiger partial charge in [0, 0.05) is 10.0 Å². The Hall–Kier alpha value is -0.740. The summed E-state index contributed by atoms with van der Waals surface area (Å²) in [6, 6.07) is 4.07. The number of rotatable bonds is 6. The topological polar surface area (TPSA) is 44.5 Å². The van der Waals surface area contributed by atoms with Crippen LogP contribution in [-0.4, -0.2) is 19.8 Å². The van der Waals surface area contributed by atoms with Crippen LogP contribution in [0.25, 0.3) is 0 Å². The fourth-order valence-corrected chi connectivity index (χ4v) is 2.45. The van der Waals surface area contributed by atoms with Gasteiger partial charge in [-0.3, -0.25) is 0 Å². The molecule has 0 saturated heterocycles. The highest BCUT2D eigenvalue weighted by atomic mass is 79.9. The van der Waals surface area contributed by atoms with E-state index in [1.165, 1.54) is 5.56 Å². The van der Waals surface area contributed by atoms with E-state index in [1.54, 1.807) is 7.11 Å². The molecule has 0 amide bonds. The van der Waals surface area contributed by atoms with Crippen LogP contribution in [0.2, 0.25) is 0 Å². The molecule has 0 spiro atoms. The maximum Gasteiger partial charge on any atom is 0.165 e. The van der Waals surface area contributed by atoms with E-state index in [9.17, 15) is 0 Å². The van der Waals surface area contributed by atoms with Gasteiger partial charge in [0.05, 0.1) is 13.2 Å². The highest BCUT2D eigenvalue weighted by molar-refractivity contribution is 9.10. The van der Waals surface area contributed by atoms with E-state index in [1.807, 2.05) is 6.07 Å². The maximum absolute atomic E-state index is 6.01. The molecular formula is C14H20BrNO2. The van der Waals surface area contributed by atoms with E-state index < -0.39 is 0 Å². The molecule has 3 nitrogen and oxygen atoms in total. The molecule has 0 bridgehead atoms. The minimum absolute atomic E-state index is 0.365. The Morgan fingerprint density at radius 1 is 1.44 bits per heavy atom. The monoisotopic (exact) mass is 313 g/mol. The molecule has 100 valence electrons. The van der Waals surface area contributed by atoms with E-state index in [2.05, 4.69) is 28.9 Å². The summed E-state index contributed by atoms with van der Waals surface area (Å²) >= 11 is 3.52. The smallest absolute Gasteiger partial charge is 0.165 e. The van der Waals surface area contributed by atoms with Crippen LogP contribution in [0, 0.1) is 0 Å². The number of nitrogens with two attached hydrogens (primary N) is 1. The van der Waals surface area contributed by atoms with Crippen LogP contribution >= 0.6 is 15.9 Å². The standard InChI is InChI=1S/C14H20BrNO2/c1-9(5-6-16)12-7-10(15)8-13(17-2)14(12)18-11-3-4-11/h7-9,11H,3-6,16H2,1-2H3. The zero-order chi connectivity index (χ0) is 13.1. The van der Waals surface area contributed by atoms with E-state index >= 15 is 0 Å². The summed E-state index contributed by atoms with van der Waals surface area (Å²) in [4.78, 5) is 0. The normalized spacial score (nSPS) is 16.4. The molecule has 0 heterocycles. The third-order valence-electron chi connectivity index (χ3n) is 3.21.